The summed E-state index contributed by atoms with van der Waals surface area (Å²) in [6.45, 7) is 1.45. The maximum atomic E-state index is 11.1. The SMILES string of the molecule is Cc1nc(N)nc(Nc2cc(C#N)ccc2Cl)c1[N+](=O)[O-]. The van der Waals surface area contributed by atoms with Gasteiger partial charge in [0.1, 0.15) is 5.69 Å². The largest absolute Gasteiger partial charge is 0.368 e. The number of aryl methyl sites for hydroxylation is 1. The molecular formula is C12H9ClN6O2. The molecule has 106 valence electrons. The highest BCUT2D eigenvalue weighted by Crippen LogP contribution is 2.32. The van der Waals surface area contributed by atoms with Gasteiger partial charge < -0.3 is 11.1 Å². The van der Waals surface area contributed by atoms with E-state index in [9.17, 15) is 10.1 Å². The summed E-state index contributed by atoms with van der Waals surface area (Å²) in [5.41, 5.74) is 6.00. The minimum atomic E-state index is -0.612. The Bertz CT molecular complexity index is 771. The van der Waals surface area contributed by atoms with Gasteiger partial charge in [0.05, 0.1) is 27.3 Å². The zero-order chi connectivity index (χ0) is 15.6. The smallest absolute Gasteiger partial charge is 0.332 e. The number of nitrogens with zero attached hydrogens (tertiary/aromatic N) is 4. The molecule has 0 fully saturated rings. The monoisotopic (exact) mass is 304 g/mol. The molecule has 8 nitrogen and oxygen atoms in total. The number of halogens is 1. The van der Waals surface area contributed by atoms with Crippen molar-refractivity contribution in [1.29, 1.82) is 5.26 Å². The van der Waals surface area contributed by atoms with Crippen LogP contribution in [0, 0.1) is 28.4 Å². The van der Waals surface area contributed by atoms with E-state index in [1.807, 2.05) is 6.07 Å². The third-order valence-corrected chi connectivity index (χ3v) is 2.94. The first-order valence-corrected chi connectivity index (χ1v) is 6.05. The number of benzene rings is 1. The number of nitriles is 1. The summed E-state index contributed by atoms with van der Waals surface area (Å²) in [6, 6.07) is 6.44. The molecule has 1 aromatic heterocycles. The first-order valence-electron chi connectivity index (χ1n) is 5.67. The number of nitrogens with two attached hydrogens (primary N) is 1. The lowest BCUT2D eigenvalue weighted by atomic mass is 10.2. The van der Waals surface area contributed by atoms with E-state index in [0.717, 1.165) is 0 Å². The number of nitrogens with one attached hydrogen (secondary N) is 1. The lowest BCUT2D eigenvalue weighted by molar-refractivity contribution is -0.385. The van der Waals surface area contributed by atoms with Crippen LogP contribution < -0.4 is 11.1 Å². The van der Waals surface area contributed by atoms with Gasteiger partial charge in [-0.3, -0.25) is 10.1 Å². The minimum Gasteiger partial charge on any atom is -0.368 e. The molecule has 0 unspecified atom stereocenters. The number of hydrogen-bond donors (Lipinski definition) is 2. The molecule has 1 aromatic carbocycles. The summed E-state index contributed by atoms with van der Waals surface area (Å²) >= 11 is 6.00. The van der Waals surface area contributed by atoms with Gasteiger partial charge in [0.15, 0.2) is 0 Å². The fourth-order valence-electron chi connectivity index (χ4n) is 1.71. The molecule has 0 bridgehead atoms. The van der Waals surface area contributed by atoms with Crippen LogP contribution in [0.3, 0.4) is 0 Å². The molecule has 0 amide bonds. The highest BCUT2D eigenvalue weighted by molar-refractivity contribution is 6.33. The third-order valence-electron chi connectivity index (χ3n) is 2.61. The van der Waals surface area contributed by atoms with Crippen LogP contribution in [0.4, 0.5) is 23.1 Å². The average Bonchev–Trinajstić information content (AvgIpc) is 2.40. The van der Waals surface area contributed by atoms with Crippen LogP contribution in [0.2, 0.25) is 5.02 Å². The van der Waals surface area contributed by atoms with Crippen molar-refractivity contribution in [3.8, 4) is 6.07 Å². The fourth-order valence-corrected chi connectivity index (χ4v) is 1.88. The third kappa shape index (κ3) is 2.98. The summed E-state index contributed by atoms with van der Waals surface area (Å²) in [5.74, 6) is -0.185. The highest BCUT2D eigenvalue weighted by atomic mass is 35.5. The molecule has 2 rings (SSSR count). The first kappa shape index (κ1) is 14.5. The Hall–Kier alpha value is -2.92. The average molecular weight is 305 g/mol. The predicted molar refractivity (Wildman–Crippen MR) is 77.3 cm³/mol. The van der Waals surface area contributed by atoms with Gasteiger partial charge in [-0.15, -0.1) is 0 Å². The Balaban J connectivity index is 2.54. The normalized spacial score (nSPS) is 9.95. The van der Waals surface area contributed by atoms with Gasteiger partial charge in [0.25, 0.3) is 0 Å². The molecule has 21 heavy (non-hydrogen) atoms. The van der Waals surface area contributed by atoms with E-state index in [-0.39, 0.29) is 28.2 Å². The molecule has 0 aliphatic carbocycles. The first-order chi connectivity index (χ1) is 9.92. The maximum absolute atomic E-state index is 11.1. The van der Waals surface area contributed by atoms with Crippen LogP contribution in [0.1, 0.15) is 11.3 Å². The zero-order valence-electron chi connectivity index (χ0n) is 10.8. The van der Waals surface area contributed by atoms with Gasteiger partial charge in [0, 0.05) is 0 Å². The molecular weight excluding hydrogens is 296 g/mol. The van der Waals surface area contributed by atoms with E-state index >= 15 is 0 Å². The Kier molecular flexibility index (Phi) is 3.86. The van der Waals surface area contributed by atoms with E-state index in [1.165, 1.54) is 25.1 Å². The van der Waals surface area contributed by atoms with Crippen molar-refractivity contribution >= 4 is 34.7 Å². The van der Waals surface area contributed by atoms with E-state index in [2.05, 4.69) is 15.3 Å². The van der Waals surface area contributed by atoms with Crippen LogP contribution in [-0.4, -0.2) is 14.9 Å². The van der Waals surface area contributed by atoms with Crippen LogP contribution in [0.25, 0.3) is 0 Å². The number of nitrogen functional groups attached to an aromatic ring is 1. The summed E-state index contributed by atoms with van der Waals surface area (Å²) in [5, 5.41) is 23.0. The van der Waals surface area contributed by atoms with Gasteiger partial charge in [-0.1, -0.05) is 11.6 Å². The summed E-state index contributed by atoms with van der Waals surface area (Å²) in [7, 11) is 0. The van der Waals surface area contributed by atoms with Crippen molar-refractivity contribution in [2.24, 2.45) is 0 Å². The molecule has 1 heterocycles. The molecule has 0 saturated heterocycles. The van der Waals surface area contributed by atoms with Crippen LogP contribution in [0.5, 0.6) is 0 Å². The zero-order valence-corrected chi connectivity index (χ0v) is 11.5. The standard InChI is InChI=1S/C12H9ClN6O2/c1-6-10(19(20)21)11(18-12(15)16-6)17-9-4-7(5-14)2-3-8(9)13/h2-4H,1H3,(H3,15,16,17,18). The van der Waals surface area contributed by atoms with Crippen molar-refractivity contribution in [3.63, 3.8) is 0 Å². The van der Waals surface area contributed by atoms with Crippen LogP contribution in [-0.2, 0) is 0 Å². The number of rotatable bonds is 3. The van der Waals surface area contributed by atoms with Crippen molar-refractivity contribution in [2.45, 2.75) is 6.92 Å². The van der Waals surface area contributed by atoms with E-state index in [4.69, 9.17) is 22.6 Å². The molecule has 3 N–H and O–H groups in total. The molecule has 0 aliphatic rings. The fraction of sp³-hybridized carbons (Fsp3) is 0.0833. The molecule has 0 saturated carbocycles. The van der Waals surface area contributed by atoms with Gasteiger partial charge >= 0.3 is 5.69 Å². The Morgan fingerprint density at radius 3 is 2.81 bits per heavy atom. The number of nitro groups is 1. The molecule has 0 spiro atoms. The number of aromatic nitrogens is 2. The van der Waals surface area contributed by atoms with Crippen LogP contribution in [0.15, 0.2) is 18.2 Å². The van der Waals surface area contributed by atoms with E-state index < -0.39 is 4.92 Å². The van der Waals surface area contributed by atoms with Crippen molar-refractivity contribution < 1.29 is 4.92 Å². The second-order valence-corrected chi connectivity index (χ2v) is 4.46. The summed E-state index contributed by atoms with van der Waals surface area (Å²) in [6.07, 6.45) is 0. The van der Waals surface area contributed by atoms with Crippen molar-refractivity contribution in [2.75, 3.05) is 11.1 Å². The molecule has 0 radical (unpaired) electrons. The van der Waals surface area contributed by atoms with Crippen molar-refractivity contribution in [3.05, 3.63) is 44.6 Å². The molecule has 9 heteroatoms. The van der Waals surface area contributed by atoms with Gasteiger partial charge in [-0.25, -0.2) is 4.98 Å². The molecule has 2 aromatic rings. The van der Waals surface area contributed by atoms with Gasteiger partial charge in [0.2, 0.25) is 11.8 Å². The topological polar surface area (TPSA) is 131 Å². The lowest BCUT2D eigenvalue weighted by Crippen LogP contribution is -2.07. The maximum Gasteiger partial charge on any atom is 0.332 e. The summed E-state index contributed by atoms with van der Waals surface area (Å²) < 4.78 is 0. The lowest BCUT2D eigenvalue weighted by Gasteiger charge is -2.09. The second-order valence-electron chi connectivity index (χ2n) is 4.05. The Labute approximate surface area is 124 Å². The van der Waals surface area contributed by atoms with Crippen LogP contribution >= 0.6 is 11.6 Å². The van der Waals surface area contributed by atoms with Crippen molar-refractivity contribution in [1.82, 2.24) is 9.97 Å². The Morgan fingerprint density at radius 2 is 2.19 bits per heavy atom. The molecule has 0 aliphatic heterocycles. The van der Waals surface area contributed by atoms with Gasteiger partial charge in [-0.05, 0) is 25.1 Å². The molecule has 0 atom stereocenters. The van der Waals surface area contributed by atoms with E-state index in [0.29, 0.717) is 11.3 Å². The van der Waals surface area contributed by atoms with Gasteiger partial charge in [-0.2, -0.15) is 10.2 Å². The summed E-state index contributed by atoms with van der Waals surface area (Å²) in [4.78, 5) is 18.1. The number of anilines is 3. The quantitative estimate of drug-likeness (QED) is 0.658. The second kappa shape index (κ2) is 5.60. The van der Waals surface area contributed by atoms with E-state index in [1.54, 1.807) is 0 Å². The highest BCUT2D eigenvalue weighted by Gasteiger charge is 2.22. The minimum absolute atomic E-state index is 0.0815. The predicted octanol–water partition coefficient (Wildman–Crippen LogP) is 2.54. The number of hydrogen-bond acceptors (Lipinski definition) is 7. The Morgan fingerprint density at radius 1 is 1.48 bits per heavy atom.